The lowest BCUT2D eigenvalue weighted by Crippen LogP contribution is -2.37. The number of nitrogens with one attached hydrogen (secondary N) is 1. The Morgan fingerprint density at radius 3 is 2.47 bits per heavy atom. The Balaban J connectivity index is 1.84. The molecular weight excluding hydrogens is 236 g/mol. The number of nitrogens with zero attached hydrogens (tertiary/aromatic N) is 1. The van der Waals surface area contributed by atoms with E-state index in [2.05, 4.69) is 41.4 Å². The van der Waals surface area contributed by atoms with E-state index in [-0.39, 0.29) is 6.10 Å². The third-order valence-electron chi connectivity index (χ3n) is 4.12. The molecule has 1 unspecified atom stereocenters. The molecule has 3 nitrogen and oxygen atoms in total. The SMILES string of the molecule is CNC(CCN1CCC(O)CC1)c1ccc(C)cc1. The predicted molar refractivity (Wildman–Crippen MR) is 79.3 cm³/mol. The van der Waals surface area contributed by atoms with Gasteiger partial charge in [-0.1, -0.05) is 29.8 Å². The van der Waals surface area contributed by atoms with E-state index >= 15 is 0 Å². The summed E-state index contributed by atoms with van der Waals surface area (Å²) in [6.07, 6.45) is 2.90. The second kappa shape index (κ2) is 7.04. The third kappa shape index (κ3) is 4.30. The Kier molecular flexibility index (Phi) is 5.37. The van der Waals surface area contributed by atoms with Crippen molar-refractivity contribution >= 4 is 0 Å². The average molecular weight is 262 g/mol. The van der Waals surface area contributed by atoms with Gasteiger partial charge in [0, 0.05) is 19.1 Å². The number of aliphatic hydroxyl groups excluding tert-OH is 1. The Morgan fingerprint density at radius 1 is 1.26 bits per heavy atom. The highest BCUT2D eigenvalue weighted by atomic mass is 16.3. The predicted octanol–water partition coefficient (Wildman–Crippen LogP) is 2.10. The number of hydrogen-bond acceptors (Lipinski definition) is 3. The molecule has 1 aromatic carbocycles. The fraction of sp³-hybridized carbons (Fsp3) is 0.625. The van der Waals surface area contributed by atoms with Gasteiger partial charge < -0.3 is 15.3 Å². The van der Waals surface area contributed by atoms with Crippen molar-refractivity contribution in [2.24, 2.45) is 0 Å². The molecule has 2 rings (SSSR count). The van der Waals surface area contributed by atoms with Crippen molar-refractivity contribution in [1.82, 2.24) is 10.2 Å². The first-order valence-electron chi connectivity index (χ1n) is 7.33. The summed E-state index contributed by atoms with van der Waals surface area (Å²) in [4.78, 5) is 2.46. The zero-order valence-electron chi connectivity index (χ0n) is 12.1. The van der Waals surface area contributed by atoms with Gasteiger partial charge in [0.05, 0.1) is 6.10 Å². The third-order valence-corrected chi connectivity index (χ3v) is 4.12. The second-order valence-corrected chi connectivity index (χ2v) is 5.61. The minimum atomic E-state index is -0.0755. The van der Waals surface area contributed by atoms with E-state index in [1.54, 1.807) is 0 Å². The average Bonchev–Trinajstić information content (AvgIpc) is 2.43. The van der Waals surface area contributed by atoms with E-state index in [0.29, 0.717) is 6.04 Å². The monoisotopic (exact) mass is 262 g/mol. The highest BCUT2D eigenvalue weighted by Gasteiger charge is 2.18. The number of likely N-dealkylation sites (tertiary alicyclic amines) is 1. The molecule has 0 radical (unpaired) electrons. The van der Waals surface area contributed by atoms with Gasteiger partial charge in [0.25, 0.3) is 0 Å². The van der Waals surface area contributed by atoms with Gasteiger partial charge in [-0.15, -0.1) is 0 Å². The lowest BCUT2D eigenvalue weighted by molar-refractivity contribution is 0.0807. The zero-order valence-corrected chi connectivity index (χ0v) is 12.1. The highest BCUT2D eigenvalue weighted by Crippen LogP contribution is 2.19. The Bertz CT molecular complexity index is 369. The molecule has 3 heteroatoms. The van der Waals surface area contributed by atoms with E-state index < -0.39 is 0 Å². The Hall–Kier alpha value is -0.900. The summed E-state index contributed by atoms with van der Waals surface area (Å²) in [5, 5.41) is 12.9. The van der Waals surface area contributed by atoms with Gasteiger partial charge in [0.15, 0.2) is 0 Å². The molecule has 0 aromatic heterocycles. The van der Waals surface area contributed by atoms with Gasteiger partial charge in [0.1, 0.15) is 0 Å². The molecule has 1 saturated heterocycles. The number of hydrogen-bond donors (Lipinski definition) is 2. The summed E-state index contributed by atoms with van der Waals surface area (Å²) < 4.78 is 0. The number of aliphatic hydroxyl groups is 1. The van der Waals surface area contributed by atoms with E-state index in [9.17, 15) is 5.11 Å². The summed E-state index contributed by atoms with van der Waals surface area (Å²) in [7, 11) is 2.03. The normalized spacial score (nSPS) is 19.5. The van der Waals surface area contributed by atoms with Crippen molar-refractivity contribution < 1.29 is 5.11 Å². The lowest BCUT2D eigenvalue weighted by Gasteiger charge is -2.30. The molecule has 0 aliphatic carbocycles. The standard InChI is InChI=1S/C16H26N2O/c1-13-3-5-14(6-4-13)16(17-2)9-12-18-10-7-15(19)8-11-18/h3-6,15-17,19H,7-12H2,1-2H3. The van der Waals surface area contributed by atoms with Crippen LogP contribution in [0.1, 0.15) is 36.4 Å². The molecule has 0 saturated carbocycles. The van der Waals surface area contributed by atoms with Gasteiger partial charge >= 0.3 is 0 Å². The van der Waals surface area contributed by atoms with Crippen molar-refractivity contribution in [3.8, 4) is 0 Å². The molecule has 0 spiro atoms. The quantitative estimate of drug-likeness (QED) is 0.853. The van der Waals surface area contributed by atoms with Crippen LogP contribution < -0.4 is 5.32 Å². The topological polar surface area (TPSA) is 35.5 Å². The van der Waals surface area contributed by atoms with Crippen molar-refractivity contribution in [2.75, 3.05) is 26.7 Å². The lowest BCUT2D eigenvalue weighted by atomic mass is 10.0. The maximum absolute atomic E-state index is 9.52. The second-order valence-electron chi connectivity index (χ2n) is 5.61. The molecule has 0 bridgehead atoms. The minimum absolute atomic E-state index is 0.0755. The van der Waals surface area contributed by atoms with Crippen molar-refractivity contribution in [3.63, 3.8) is 0 Å². The van der Waals surface area contributed by atoms with E-state index in [1.165, 1.54) is 11.1 Å². The molecule has 1 aliphatic rings. The van der Waals surface area contributed by atoms with Gasteiger partial charge in [-0.25, -0.2) is 0 Å². The van der Waals surface area contributed by atoms with Crippen molar-refractivity contribution in [1.29, 1.82) is 0 Å². The first-order chi connectivity index (χ1) is 9.19. The van der Waals surface area contributed by atoms with Crippen LogP contribution in [0.15, 0.2) is 24.3 Å². The largest absolute Gasteiger partial charge is 0.393 e. The van der Waals surface area contributed by atoms with E-state index in [0.717, 1.165) is 38.9 Å². The fourth-order valence-corrected chi connectivity index (χ4v) is 2.73. The molecular formula is C16H26N2O. The maximum atomic E-state index is 9.52. The molecule has 1 aromatic rings. The Morgan fingerprint density at radius 2 is 1.89 bits per heavy atom. The summed E-state index contributed by atoms with van der Waals surface area (Å²) in [6, 6.07) is 9.22. The van der Waals surface area contributed by atoms with Crippen LogP contribution in [0.3, 0.4) is 0 Å². The summed E-state index contributed by atoms with van der Waals surface area (Å²) >= 11 is 0. The van der Waals surface area contributed by atoms with Crippen LogP contribution in [0.2, 0.25) is 0 Å². The van der Waals surface area contributed by atoms with Crippen LogP contribution in [0.4, 0.5) is 0 Å². The number of benzene rings is 1. The van der Waals surface area contributed by atoms with E-state index in [4.69, 9.17) is 0 Å². The van der Waals surface area contributed by atoms with Crippen molar-refractivity contribution in [3.05, 3.63) is 35.4 Å². The van der Waals surface area contributed by atoms with Gasteiger partial charge in [0.2, 0.25) is 0 Å². The number of aryl methyl sites for hydroxylation is 1. The van der Waals surface area contributed by atoms with Crippen LogP contribution in [0.5, 0.6) is 0 Å². The first-order valence-corrected chi connectivity index (χ1v) is 7.33. The molecule has 1 fully saturated rings. The summed E-state index contributed by atoms with van der Waals surface area (Å²) in [5.41, 5.74) is 2.67. The van der Waals surface area contributed by atoms with Gasteiger partial charge in [-0.3, -0.25) is 0 Å². The van der Waals surface area contributed by atoms with Crippen LogP contribution >= 0.6 is 0 Å². The van der Waals surface area contributed by atoms with Crippen LogP contribution in [0, 0.1) is 6.92 Å². The first kappa shape index (κ1) is 14.5. The minimum Gasteiger partial charge on any atom is -0.393 e. The molecule has 0 amide bonds. The van der Waals surface area contributed by atoms with Crippen LogP contribution in [-0.4, -0.2) is 42.8 Å². The zero-order chi connectivity index (χ0) is 13.7. The van der Waals surface area contributed by atoms with Gasteiger partial charge in [-0.2, -0.15) is 0 Å². The van der Waals surface area contributed by atoms with E-state index in [1.807, 2.05) is 7.05 Å². The van der Waals surface area contributed by atoms with Crippen LogP contribution in [0.25, 0.3) is 0 Å². The smallest absolute Gasteiger partial charge is 0.0564 e. The molecule has 1 atom stereocenters. The molecule has 1 heterocycles. The number of piperidine rings is 1. The molecule has 2 N–H and O–H groups in total. The molecule has 19 heavy (non-hydrogen) atoms. The van der Waals surface area contributed by atoms with Crippen molar-refractivity contribution in [2.45, 2.75) is 38.3 Å². The summed E-state index contributed by atoms with van der Waals surface area (Å²) in [5.74, 6) is 0. The highest BCUT2D eigenvalue weighted by molar-refractivity contribution is 5.24. The molecule has 106 valence electrons. The Labute approximate surface area is 116 Å². The fourth-order valence-electron chi connectivity index (χ4n) is 2.73. The van der Waals surface area contributed by atoms with Gasteiger partial charge in [-0.05, 0) is 45.3 Å². The van der Waals surface area contributed by atoms with Crippen LogP contribution in [-0.2, 0) is 0 Å². The maximum Gasteiger partial charge on any atom is 0.0564 e. The number of rotatable bonds is 5. The molecule has 1 aliphatic heterocycles. The summed E-state index contributed by atoms with van der Waals surface area (Å²) in [6.45, 7) is 5.29.